The van der Waals surface area contributed by atoms with Crippen LogP contribution >= 0.6 is 11.6 Å². The van der Waals surface area contributed by atoms with E-state index in [2.05, 4.69) is 40.4 Å². The van der Waals surface area contributed by atoms with Crippen LogP contribution in [0.5, 0.6) is 17.2 Å². The molecule has 1 N–H and O–H groups in total. The van der Waals surface area contributed by atoms with Gasteiger partial charge in [-0.15, -0.1) is 0 Å². The summed E-state index contributed by atoms with van der Waals surface area (Å²) in [7, 11) is -0.459. The van der Waals surface area contributed by atoms with Gasteiger partial charge in [0.05, 0.1) is 12.0 Å². The molecule has 0 amide bonds. The number of sulfonamides is 1. The zero-order valence-corrected chi connectivity index (χ0v) is 23.2. The topological polar surface area (TPSA) is 96.9 Å². The van der Waals surface area contributed by atoms with Crippen molar-refractivity contribution in [3.8, 4) is 17.2 Å². The maximum atomic E-state index is 13.4. The summed E-state index contributed by atoms with van der Waals surface area (Å²) in [5.74, 6) is 1.05. The second-order valence-electron chi connectivity index (χ2n) is 9.92. The molecule has 2 heterocycles. The lowest BCUT2D eigenvalue weighted by atomic mass is 9.87. The molecular weight excluding hydrogens is 514 g/mol. The number of methoxy groups -OCH3 is 1. The summed E-state index contributed by atoms with van der Waals surface area (Å²) in [6.07, 6.45) is 0. The van der Waals surface area contributed by atoms with E-state index in [0.29, 0.717) is 30.5 Å². The summed E-state index contributed by atoms with van der Waals surface area (Å²) in [5, 5.41) is -0.0179. The van der Waals surface area contributed by atoms with Crippen LogP contribution in [0.4, 0.5) is 11.8 Å². The Bertz CT molecular complexity index is 1350. The SMILES string of the molecule is COc1ccccc1Oc1c(Cl)nc(N2CCN(C)CC2)nc1NS(=O)(=O)c1ccc(C(C)(C)C)cc1. The van der Waals surface area contributed by atoms with Gasteiger partial charge in [-0.2, -0.15) is 9.97 Å². The molecule has 2 aromatic carbocycles. The van der Waals surface area contributed by atoms with Gasteiger partial charge < -0.3 is 19.3 Å². The van der Waals surface area contributed by atoms with Gasteiger partial charge in [0, 0.05) is 26.2 Å². The number of aromatic nitrogens is 2. The van der Waals surface area contributed by atoms with E-state index in [1.54, 1.807) is 36.4 Å². The molecular formula is C26H32ClN5O4S. The van der Waals surface area contributed by atoms with Crippen LogP contribution in [0.1, 0.15) is 26.3 Å². The molecule has 198 valence electrons. The van der Waals surface area contributed by atoms with E-state index < -0.39 is 10.0 Å². The lowest BCUT2D eigenvalue weighted by molar-refractivity contribution is 0.311. The summed E-state index contributed by atoms with van der Waals surface area (Å²) in [6, 6.07) is 13.8. The fourth-order valence-electron chi connectivity index (χ4n) is 3.85. The van der Waals surface area contributed by atoms with Crippen LogP contribution < -0.4 is 19.1 Å². The molecule has 0 saturated carbocycles. The molecule has 0 atom stereocenters. The first kappa shape index (κ1) is 27.0. The van der Waals surface area contributed by atoms with Gasteiger partial charge in [0.2, 0.25) is 11.7 Å². The highest BCUT2D eigenvalue weighted by atomic mass is 35.5. The second kappa shape index (κ2) is 10.7. The Labute approximate surface area is 223 Å². The number of likely N-dealkylation sites (N-methyl/N-ethyl adjacent to an activating group) is 1. The minimum atomic E-state index is -4.02. The molecule has 0 unspecified atom stereocenters. The molecule has 9 nitrogen and oxygen atoms in total. The highest BCUT2D eigenvalue weighted by molar-refractivity contribution is 7.92. The lowest BCUT2D eigenvalue weighted by Gasteiger charge is -2.32. The van der Waals surface area contributed by atoms with Crippen molar-refractivity contribution in [2.45, 2.75) is 31.1 Å². The van der Waals surface area contributed by atoms with Gasteiger partial charge in [-0.1, -0.05) is 56.6 Å². The monoisotopic (exact) mass is 545 g/mol. The van der Waals surface area contributed by atoms with Crippen molar-refractivity contribution in [2.75, 3.05) is 50.0 Å². The zero-order chi connectivity index (χ0) is 26.8. The van der Waals surface area contributed by atoms with Crippen LogP contribution in [0.3, 0.4) is 0 Å². The number of nitrogens with zero attached hydrogens (tertiary/aromatic N) is 4. The Kier molecular flexibility index (Phi) is 7.82. The van der Waals surface area contributed by atoms with Crippen LogP contribution in [-0.4, -0.2) is 63.6 Å². The van der Waals surface area contributed by atoms with E-state index in [4.69, 9.17) is 21.1 Å². The Balaban J connectivity index is 1.74. The number of hydrogen-bond donors (Lipinski definition) is 1. The van der Waals surface area contributed by atoms with Crippen molar-refractivity contribution in [1.82, 2.24) is 14.9 Å². The Morgan fingerprint density at radius 1 is 0.946 bits per heavy atom. The first-order chi connectivity index (χ1) is 17.5. The highest BCUT2D eigenvalue weighted by Crippen LogP contribution is 2.40. The molecule has 0 spiro atoms. The summed E-state index contributed by atoms with van der Waals surface area (Å²) in [6.45, 7) is 9.21. The van der Waals surface area contributed by atoms with Crippen LogP contribution in [0.15, 0.2) is 53.4 Å². The number of rotatable bonds is 7. The molecule has 4 rings (SSSR count). The fraction of sp³-hybridized carbons (Fsp3) is 0.385. The summed E-state index contributed by atoms with van der Waals surface area (Å²) in [4.78, 5) is 13.3. The van der Waals surface area contributed by atoms with Gasteiger partial charge in [-0.25, -0.2) is 8.42 Å². The van der Waals surface area contributed by atoms with Gasteiger partial charge in [0.1, 0.15) is 0 Å². The normalized spacial score (nSPS) is 14.9. The molecule has 1 aliphatic rings. The second-order valence-corrected chi connectivity index (χ2v) is 12.0. The Morgan fingerprint density at radius 3 is 2.16 bits per heavy atom. The third kappa shape index (κ3) is 6.26. The standard InChI is InChI=1S/C26H32ClN5O4S/c1-26(2,3)18-10-12-19(13-11-18)37(33,34)30-24-22(36-21-9-7-6-8-20(21)35-5)23(27)28-25(29-24)32-16-14-31(4)15-17-32/h6-13H,14-17H2,1-5H3,(H,28,29,30). The molecule has 0 bridgehead atoms. The Hall–Kier alpha value is -3.08. The number of para-hydroxylation sites is 2. The van der Waals surface area contributed by atoms with Gasteiger partial charge in [-0.05, 0) is 42.3 Å². The van der Waals surface area contributed by atoms with Crippen LogP contribution in [0, 0.1) is 0 Å². The number of hydrogen-bond acceptors (Lipinski definition) is 8. The summed E-state index contributed by atoms with van der Waals surface area (Å²) < 4.78 is 40.8. The summed E-state index contributed by atoms with van der Waals surface area (Å²) >= 11 is 6.58. The van der Waals surface area contributed by atoms with Crippen molar-refractivity contribution in [3.05, 3.63) is 59.2 Å². The smallest absolute Gasteiger partial charge is 0.263 e. The predicted molar refractivity (Wildman–Crippen MR) is 146 cm³/mol. The van der Waals surface area contributed by atoms with E-state index in [9.17, 15) is 8.42 Å². The third-order valence-corrected chi connectivity index (χ3v) is 7.75. The maximum Gasteiger partial charge on any atom is 0.263 e. The van der Waals surface area contributed by atoms with Crippen molar-refractivity contribution in [2.24, 2.45) is 0 Å². The number of anilines is 2. The molecule has 1 saturated heterocycles. The van der Waals surface area contributed by atoms with E-state index in [-0.39, 0.29) is 27.0 Å². The minimum Gasteiger partial charge on any atom is -0.493 e. The average molecular weight is 546 g/mol. The van der Waals surface area contributed by atoms with Gasteiger partial charge in [0.25, 0.3) is 10.0 Å². The molecule has 11 heteroatoms. The molecule has 1 fully saturated rings. The number of benzene rings is 2. The molecule has 0 aliphatic carbocycles. The molecule has 3 aromatic rings. The van der Waals surface area contributed by atoms with E-state index in [1.165, 1.54) is 7.11 Å². The van der Waals surface area contributed by atoms with E-state index in [0.717, 1.165) is 18.7 Å². The maximum absolute atomic E-state index is 13.4. The lowest BCUT2D eigenvalue weighted by Crippen LogP contribution is -2.45. The average Bonchev–Trinajstić information content (AvgIpc) is 2.86. The first-order valence-corrected chi connectivity index (χ1v) is 13.8. The van der Waals surface area contributed by atoms with Crippen LogP contribution in [-0.2, 0) is 15.4 Å². The number of ether oxygens (including phenoxy) is 2. The fourth-order valence-corrected chi connectivity index (χ4v) is 5.06. The quantitative estimate of drug-likeness (QED) is 0.424. The van der Waals surface area contributed by atoms with Crippen molar-refractivity contribution in [1.29, 1.82) is 0 Å². The molecule has 1 aromatic heterocycles. The van der Waals surface area contributed by atoms with E-state index in [1.807, 2.05) is 24.1 Å². The van der Waals surface area contributed by atoms with Crippen molar-refractivity contribution < 1.29 is 17.9 Å². The highest BCUT2D eigenvalue weighted by Gasteiger charge is 2.26. The third-order valence-electron chi connectivity index (χ3n) is 6.14. The van der Waals surface area contributed by atoms with Crippen molar-refractivity contribution >= 4 is 33.4 Å². The first-order valence-electron chi connectivity index (χ1n) is 11.9. The van der Waals surface area contributed by atoms with E-state index >= 15 is 0 Å². The largest absolute Gasteiger partial charge is 0.493 e. The van der Waals surface area contributed by atoms with Gasteiger partial charge in [-0.3, -0.25) is 4.72 Å². The van der Waals surface area contributed by atoms with Crippen molar-refractivity contribution in [3.63, 3.8) is 0 Å². The zero-order valence-electron chi connectivity index (χ0n) is 21.7. The summed E-state index contributed by atoms with van der Waals surface area (Å²) in [5.41, 5.74) is 0.914. The van der Waals surface area contributed by atoms with Gasteiger partial charge >= 0.3 is 0 Å². The van der Waals surface area contributed by atoms with Crippen LogP contribution in [0.25, 0.3) is 0 Å². The molecule has 1 aliphatic heterocycles. The minimum absolute atomic E-state index is 0.0149. The molecule has 0 radical (unpaired) electrons. The number of piperazine rings is 1. The number of nitrogens with one attached hydrogen (secondary N) is 1. The molecule has 37 heavy (non-hydrogen) atoms. The Morgan fingerprint density at radius 2 is 1.57 bits per heavy atom. The van der Waals surface area contributed by atoms with Gasteiger partial charge in [0.15, 0.2) is 22.5 Å². The number of halogens is 1. The van der Waals surface area contributed by atoms with Crippen LogP contribution in [0.2, 0.25) is 5.15 Å². The predicted octanol–water partition coefficient (Wildman–Crippen LogP) is 4.78.